The van der Waals surface area contributed by atoms with Crippen LogP contribution in [-0.2, 0) is 16.1 Å². The summed E-state index contributed by atoms with van der Waals surface area (Å²) in [5.41, 5.74) is 1.25. The number of methoxy groups -OCH3 is 1. The predicted molar refractivity (Wildman–Crippen MR) is 80.2 cm³/mol. The van der Waals surface area contributed by atoms with Gasteiger partial charge in [-0.1, -0.05) is 12.1 Å². The summed E-state index contributed by atoms with van der Waals surface area (Å²) in [6, 6.07) is 8.43. The lowest BCUT2D eigenvalue weighted by molar-refractivity contribution is -0.142. The SMILES string of the molecule is COC(=O)COc1ccc(CN2CC(NI)C2)cc1. The number of esters is 1. The normalized spacial score (nSPS) is 15.9. The van der Waals surface area contributed by atoms with Gasteiger partial charge in [-0.3, -0.25) is 8.43 Å². The molecule has 0 aliphatic carbocycles. The largest absolute Gasteiger partial charge is 0.482 e. The molecule has 1 fully saturated rings. The molecule has 1 saturated heterocycles. The Balaban J connectivity index is 1.77. The Labute approximate surface area is 126 Å². The molecule has 1 heterocycles. The van der Waals surface area contributed by atoms with Crippen molar-refractivity contribution in [2.75, 3.05) is 26.8 Å². The first-order valence-electron chi connectivity index (χ1n) is 6.08. The molecule has 0 radical (unpaired) electrons. The summed E-state index contributed by atoms with van der Waals surface area (Å²) in [6.07, 6.45) is 0. The van der Waals surface area contributed by atoms with Crippen molar-refractivity contribution in [2.45, 2.75) is 12.6 Å². The fraction of sp³-hybridized carbons (Fsp3) is 0.462. The Morgan fingerprint density at radius 1 is 1.42 bits per heavy atom. The van der Waals surface area contributed by atoms with Crippen molar-refractivity contribution in [1.82, 2.24) is 8.43 Å². The molecule has 1 aliphatic heterocycles. The van der Waals surface area contributed by atoms with Crippen molar-refractivity contribution in [3.63, 3.8) is 0 Å². The minimum Gasteiger partial charge on any atom is -0.482 e. The molecule has 0 atom stereocenters. The van der Waals surface area contributed by atoms with Crippen molar-refractivity contribution in [1.29, 1.82) is 0 Å². The van der Waals surface area contributed by atoms with Crippen LogP contribution in [-0.4, -0.2) is 43.7 Å². The second kappa shape index (κ2) is 7.06. The van der Waals surface area contributed by atoms with Gasteiger partial charge in [0.2, 0.25) is 0 Å². The van der Waals surface area contributed by atoms with Gasteiger partial charge >= 0.3 is 5.97 Å². The number of benzene rings is 1. The number of likely N-dealkylation sites (tertiary alicyclic amines) is 1. The fourth-order valence-corrected chi connectivity index (χ4v) is 2.31. The minimum absolute atomic E-state index is 0.0506. The molecule has 1 N–H and O–H groups in total. The molecule has 0 bridgehead atoms. The summed E-state index contributed by atoms with van der Waals surface area (Å²) in [5, 5.41) is 0. The van der Waals surface area contributed by atoms with Crippen LogP contribution >= 0.6 is 22.9 Å². The van der Waals surface area contributed by atoms with Crippen molar-refractivity contribution < 1.29 is 14.3 Å². The standard InChI is InChI=1S/C13H17IN2O3/c1-18-13(17)9-19-12-4-2-10(3-5-12)6-16-7-11(8-16)15-14/h2-5,11,15H,6-9H2,1H3. The van der Waals surface area contributed by atoms with Crippen LogP contribution in [0.4, 0.5) is 0 Å². The Bertz CT molecular complexity index is 418. The molecule has 0 unspecified atom stereocenters. The van der Waals surface area contributed by atoms with Gasteiger partial charge in [0.15, 0.2) is 6.61 Å². The molecular weight excluding hydrogens is 359 g/mol. The molecule has 0 spiro atoms. The zero-order valence-electron chi connectivity index (χ0n) is 10.8. The lowest BCUT2D eigenvalue weighted by Crippen LogP contribution is -2.54. The molecule has 2 rings (SSSR count). The van der Waals surface area contributed by atoms with Crippen LogP contribution in [0.15, 0.2) is 24.3 Å². The molecule has 5 nitrogen and oxygen atoms in total. The zero-order chi connectivity index (χ0) is 13.7. The minimum atomic E-state index is -0.373. The van der Waals surface area contributed by atoms with E-state index in [1.165, 1.54) is 12.7 Å². The fourth-order valence-electron chi connectivity index (χ4n) is 1.92. The van der Waals surface area contributed by atoms with Crippen LogP contribution in [0.25, 0.3) is 0 Å². The van der Waals surface area contributed by atoms with E-state index in [0.29, 0.717) is 11.8 Å². The quantitative estimate of drug-likeness (QED) is 0.462. The van der Waals surface area contributed by atoms with E-state index in [9.17, 15) is 4.79 Å². The van der Waals surface area contributed by atoms with Crippen LogP contribution in [0.2, 0.25) is 0 Å². The summed E-state index contributed by atoms with van der Waals surface area (Å²) in [6.45, 7) is 3.07. The maximum absolute atomic E-state index is 10.9. The van der Waals surface area contributed by atoms with E-state index in [-0.39, 0.29) is 12.6 Å². The van der Waals surface area contributed by atoms with Crippen LogP contribution < -0.4 is 8.27 Å². The lowest BCUT2D eigenvalue weighted by Gasteiger charge is -2.38. The molecular formula is C13H17IN2O3. The monoisotopic (exact) mass is 376 g/mol. The average molecular weight is 376 g/mol. The number of nitrogens with one attached hydrogen (secondary N) is 1. The first kappa shape index (κ1) is 14.5. The van der Waals surface area contributed by atoms with Crippen molar-refractivity contribution in [3.8, 4) is 5.75 Å². The molecule has 1 aromatic rings. The Morgan fingerprint density at radius 2 is 2.11 bits per heavy atom. The smallest absolute Gasteiger partial charge is 0.343 e. The molecule has 1 aromatic carbocycles. The first-order valence-corrected chi connectivity index (χ1v) is 7.16. The van der Waals surface area contributed by atoms with Gasteiger partial charge in [-0.2, -0.15) is 0 Å². The van der Waals surface area contributed by atoms with Crippen molar-refractivity contribution >= 4 is 28.8 Å². The van der Waals surface area contributed by atoms with Crippen LogP contribution in [0.3, 0.4) is 0 Å². The highest BCUT2D eigenvalue weighted by molar-refractivity contribution is 14.1. The molecule has 1 aliphatic rings. The summed E-state index contributed by atoms with van der Waals surface area (Å²) in [5.74, 6) is 0.312. The summed E-state index contributed by atoms with van der Waals surface area (Å²) < 4.78 is 13.0. The first-order chi connectivity index (χ1) is 9.21. The third-order valence-corrected chi connectivity index (χ3v) is 3.91. The van der Waals surface area contributed by atoms with Crippen LogP contribution in [0, 0.1) is 0 Å². The molecule has 0 aromatic heterocycles. The van der Waals surface area contributed by atoms with Gasteiger partial charge in [-0.15, -0.1) is 0 Å². The number of halogens is 1. The number of hydrogen-bond acceptors (Lipinski definition) is 5. The van der Waals surface area contributed by atoms with Gasteiger partial charge in [0, 0.05) is 48.5 Å². The summed E-state index contributed by atoms with van der Waals surface area (Å²) in [4.78, 5) is 13.3. The maximum Gasteiger partial charge on any atom is 0.343 e. The van der Waals surface area contributed by atoms with Crippen LogP contribution in [0.5, 0.6) is 5.75 Å². The predicted octanol–water partition coefficient (Wildman–Crippen LogP) is 1.36. The zero-order valence-corrected chi connectivity index (χ0v) is 12.9. The second-order valence-electron chi connectivity index (χ2n) is 4.51. The Hall–Kier alpha value is -0.860. The van der Waals surface area contributed by atoms with Gasteiger partial charge in [-0.05, 0) is 17.7 Å². The van der Waals surface area contributed by atoms with Gasteiger partial charge in [0.25, 0.3) is 0 Å². The molecule has 19 heavy (non-hydrogen) atoms. The highest BCUT2D eigenvalue weighted by Gasteiger charge is 2.25. The van der Waals surface area contributed by atoms with E-state index in [4.69, 9.17) is 4.74 Å². The number of hydrogen-bond donors (Lipinski definition) is 1. The van der Waals surface area contributed by atoms with E-state index < -0.39 is 0 Å². The summed E-state index contributed by atoms with van der Waals surface area (Å²) in [7, 11) is 1.35. The highest BCUT2D eigenvalue weighted by Crippen LogP contribution is 2.17. The number of ether oxygens (including phenoxy) is 2. The van der Waals surface area contributed by atoms with Gasteiger partial charge in [0.1, 0.15) is 5.75 Å². The number of rotatable bonds is 6. The van der Waals surface area contributed by atoms with Gasteiger partial charge < -0.3 is 9.47 Å². The van der Waals surface area contributed by atoms with Crippen LogP contribution in [0.1, 0.15) is 5.56 Å². The number of carbonyl (C=O) groups is 1. The molecule has 6 heteroatoms. The Morgan fingerprint density at radius 3 is 2.68 bits per heavy atom. The average Bonchev–Trinajstić information content (AvgIpc) is 2.40. The van der Waals surface area contributed by atoms with Crippen molar-refractivity contribution in [2.24, 2.45) is 0 Å². The summed E-state index contributed by atoms with van der Waals surface area (Å²) >= 11 is 2.20. The topological polar surface area (TPSA) is 50.8 Å². The second-order valence-corrected chi connectivity index (χ2v) is 5.13. The highest BCUT2D eigenvalue weighted by atomic mass is 127. The van der Waals surface area contributed by atoms with Gasteiger partial charge in [-0.25, -0.2) is 4.79 Å². The van der Waals surface area contributed by atoms with E-state index in [0.717, 1.165) is 19.6 Å². The van der Waals surface area contributed by atoms with E-state index in [1.54, 1.807) is 0 Å². The maximum atomic E-state index is 10.9. The van der Waals surface area contributed by atoms with Gasteiger partial charge in [0.05, 0.1) is 7.11 Å². The molecule has 0 amide bonds. The van der Waals surface area contributed by atoms with E-state index in [1.807, 2.05) is 24.3 Å². The number of nitrogens with zero attached hydrogens (tertiary/aromatic N) is 1. The van der Waals surface area contributed by atoms with Crippen molar-refractivity contribution in [3.05, 3.63) is 29.8 Å². The third kappa shape index (κ3) is 4.32. The van der Waals surface area contributed by atoms with E-state index in [2.05, 4.69) is 36.0 Å². The molecule has 0 saturated carbocycles. The third-order valence-electron chi connectivity index (χ3n) is 3.03. The lowest BCUT2D eigenvalue weighted by atomic mass is 10.1. The number of carbonyl (C=O) groups excluding carboxylic acids is 1. The van der Waals surface area contributed by atoms with E-state index >= 15 is 0 Å². The molecule has 104 valence electrons. The Kier molecular flexibility index (Phi) is 5.41.